The van der Waals surface area contributed by atoms with Crippen LogP contribution >= 0.6 is 11.8 Å². The highest BCUT2D eigenvalue weighted by molar-refractivity contribution is 7.99. The van der Waals surface area contributed by atoms with Crippen LogP contribution in [0.5, 0.6) is 5.75 Å². The highest BCUT2D eigenvalue weighted by Crippen LogP contribution is 2.25. The summed E-state index contributed by atoms with van der Waals surface area (Å²) in [6, 6.07) is 5.19. The van der Waals surface area contributed by atoms with Gasteiger partial charge in [-0.2, -0.15) is 0 Å². The molecule has 0 aliphatic heterocycles. The standard InChI is InChI=1S/C18H23NO5S/c1-5-8-19-18(22)13(3)24-17(21)11-25-10-15-9-14(12(2)20)6-7-16(15)23-4/h5-7,9,13H,1,8,10-11H2,2-4H3,(H,19,22)/t13-/m1/s1. The number of ether oxygens (including phenoxy) is 2. The third-order valence-electron chi connectivity index (χ3n) is 3.26. The maximum atomic E-state index is 11.8. The number of carbonyl (C=O) groups excluding carboxylic acids is 3. The van der Waals surface area contributed by atoms with Crippen LogP contribution in [0.3, 0.4) is 0 Å². The van der Waals surface area contributed by atoms with Crippen molar-refractivity contribution in [3.63, 3.8) is 0 Å². The van der Waals surface area contributed by atoms with Crippen LogP contribution in [0, 0.1) is 0 Å². The van der Waals surface area contributed by atoms with Gasteiger partial charge in [-0.15, -0.1) is 18.3 Å². The number of nitrogens with one attached hydrogen (secondary N) is 1. The third kappa shape index (κ3) is 7.01. The molecule has 0 bridgehead atoms. The van der Waals surface area contributed by atoms with Gasteiger partial charge in [0.25, 0.3) is 5.91 Å². The van der Waals surface area contributed by atoms with Gasteiger partial charge in [0.05, 0.1) is 12.9 Å². The van der Waals surface area contributed by atoms with Crippen molar-refractivity contribution in [2.75, 3.05) is 19.4 Å². The van der Waals surface area contributed by atoms with Crippen LogP contribution in [0.1, 0.15) is 29.8 Å². The highest BCUT2D eigenvalue weighted by Gasteiger charge is 2.17. The molecule has 1 amide bonds. The molecule has 0 heterocycles. The number of methoxy groups -OCH3 is 1. The second kappa shape index (κ2) is 10.6. The number of amides is 1. The molecule has 0 aromatic heterocycles. The Hall–Kier alpha value is -2.28. The van der Waals surface area contributed by atoms with Crippen molar-refractivity contribution in [1.82, 2.24) is 5.32 Å². The molecule has 6 nitrogen and oxygen atoms in total. The summed E-state index contributed by atoms with van der Waals surface area (Å²) in [6.45, 7) is 6.83. The number of hydrogen-bond acceptors (Lipinski definition) is 6. The lowest BCUT2D eigenvalue weighted by Crippen LogP contribution is -2.36. The lowest BCUT2D eigenvalue weighted by atomic mass is 10.1. The fraction of sp³-hybridized carbons (Fsp3) is 0.389. The first-order valence-electron chi connectivity index (χ1n) is 7.72. The van der Waals surface area contributed by atoms with E-state index in [1.165, 1.54) is 25.6 Å². The number of hydrogen-bond donors (Lipinski definition) is 1. The Labute approximate surface area is 152 Å². The Balaban J connectivity index is 2.52. The molecular formula is C18H23NO5S. The molecule has 0 aliphatic carbocycles. The van der Waals surface area contributed by atoms with Gasteiger partial charge in [0.15, 0.2) is 11.9 Å². The Morgan fingerprint density at radius 1 is 1.36 bits per heavy atom. The minimum Gasteiger partial charge on any atom is -0.496 e. The van der Waals surface area contributed by atoms with E-state index in [1.807, 2.05) is 0 Å². The van der Waals surface area contributed by atoms with Crippen LogP contribution < -0.4 is 10.1 Å². The average molecular weight is 365 g/mol. The molecule has 0 aliphatic rings. The molecule has 0 unspecified atom stereocenters. The molecule has 0 spiro atoms. The van der Waals surface area contributed by atoms with Crippen LogP contribution in [0.15, 0.2) is 30.9 Å². The molecule has 1 rings (SSSR count). The number of carbonyl (C=O) groups is 3. The number of benzene rings is 1. The summed E-state index contributed by atoms with van der Waals surface area (Å²) in [7, 11) is 1.55. The van der Waals surface area contributed by atoms with E-state index in [1.54, 1.807) is 31.4 Å². The first kappa shape index (κ1) is 20.8. The summed E-state index contributed by atoms with van der Waals surface area (Å²) in [5, 5.41) is 2.56. The van der Waals surface area contributed by atoms with Crippen molar-refractivity contribution in [2.45, 2.75) is 25.7 Å². The quantitative estimate of drug-likeness (QED) is 0.389. The minimum absolute atomic E-state index is 0.0346. The fourth-order valence-electron chi connectivity index (χ4n) is 1.96. The van der Waals surface area contributed by atoms with Crippen LogP contribution in [0.25, 0.3) is 0 Å². The number of ketones is 1. The van der Waals surface area contributed by atoms with Gasteiger partial charge in [-0.25, -0.2) is 0 Å². The summed E-state index contributed by atoms with van der Waals surface area (Å²) in [6.07, 6.45) is 0.689. The zero-order valence-electron chi connectivity index (χ0n) is 14.7. The van der Waals surface area contributed by atoms with Crippen molar-refractivity contribution in [1.29, 1.82) is 0 Å². The highest BCUT2D eigenvalue weighted by atomic mass is 32.2. The zero-order valence-corrected chi connectivity index (χ0v) is 15.5. The minimum atomic E-state index is -0.858. The molecule has 1 aromatic rings. The lowest BCUT2D eigenvalue weighted by Gasteiger charge is -2.13. The topological polar surface area (TPSA) is 81.7 Å². The third-order valence-corrected chi connectivity index (χ3v) is 4.22. The van der Waals surface area contributed by atoms with Gasteiger partial charge in [0.2, 0.25) is 0 Å². The normalized spacial score (nSPS) is 11.3. The molecule has 0 saturated heterocycles. The van der Waals surface area contributed by atoms with Crippen molar-refractivity contribution < 1.29 is 23.9 Å². The first-order chi connectivity index (χ1) is 11.9. The van der Waals surface area contributed by atoms with Gasteiger partial charge in [0.1, 0.15) is 5.75 Å². The second-order valence-electron chi connectivity index (χ2n) is 5.24. The monoisotopic (exact) mass is 365 g/mol. The summed E-state index contributed by atoms with van der Waals surface area (Å²) in [5.74, 6) is 0.348. The van der Waals surface area contributed by atoms with Gasteiger partial charge in [-0.1, -0.05) is 6.08 Å². The molecule has 25 heavy (non-hydrogen) atoms. The molecule has 7 heteroatoms. The number of esters is 1. The SMILES string of the molecule is C=CCNC(=O)[C@@H](C)OC(=O)CSCc1cc(C(C)=O)ccc1OC. The predicted octanol–water partition coefficient (Wildman–Crippen LogP) is 2.36. The van der Waals surface area contributed by atoms with E-state index in [0.717, 1.165) is 5.56 Å². The number of thioether (sulfide) groups is 1. The summed E-state index contributed by atoms with van der Waals surface area (Å²) >= 11 is 1.32. The van der Waals surface area contributed by atoms with Crippen LogP contribution in [-0.4, -0.2) is 43.2 Å². The average Bonchev–Trinajstić information content (AvgIpc) is 2.59. The maximum absolute atomic E-state index is 11.8. The Bertz CT molecular complexity index is 644. The van der Waals surface area contributed by atoms with E-state index in [2.05, 4.69) is 11.9 Å². The fourth-order valence-corrected chi connectivity index (χ4v) is 2.74. The van der Waals surface area contributed by atoms with Crippen LogP contribution in [0.2, 0.25) is 0 Å². The molecule has 1 N–H and O–H groups in total. The summed E-state index contributed by atoms with van der Waals surface area (Å²) in [4.78, 5) is 34.9. The molecule has 0 fully saturated rings. The van der Waals surface area contributed by atoms with Gasteiger partial charge in [-0.3, -0.25) is 14.4 Å². The molecule has 136 valence electrons. The van der Waals surface area contributed by atoms with E-state index < -0.39 is 12.1 Å². The molecular weight excluding hydrogens is 342 g/mol. The second-order valence-corrected chi connectivity index (χ2v) is 6.23. The van der Waals surface area contributed by atoms with Crippen molar-refractivity contribution in [2.24, 2.45) is 0 Å². The summed E-state index contributed by atoms with van der Waals surface area (Å²) < 4.78 is 10.3. The molecule has 1 aromatic carbocycles. The van der Waals surface area contributed by atoms with Crippen LogP contribution in [-0.2, 0) is 20.1 Å². The van der Waals surface area contributed by atoms with Gasteiger partial charge < -0.3 is 14.8 Å². The van der Waals surface area contributed by atoms with E-state index in [9.17, 15) is 14.4 Å². The Kier molecular flexibility index (Phi) is 8.77. The lowest BCUT2D eigenvalue weighted by molar-refractivity contribution is -0.152. The molecule has 0 radical (unpaired) electrons. The van der Waals surface area contributed by atoms with Crippen molar-refractivity contribution >= 4 is 29.4 Å². The van der Waals surface area contributed by atoms with Gasteiger partial charge in [0, 0.05) is 23.4 Å². The Morgan fingerprint density at radius 2 is 2.08 bits per heavy atom. The maximum Gasteiger partial charge on any atom is 0.316 e. The van der Waals surface area contributed by atoms with Crippen molar-refractivity contribution in [3.05, 3.63) is 42.0 Å². The van der Waals surface area contributed by atoms with E-state index in [4.69, 9.17) is 9.47 Å². The van der Waals surface area contributed by atoms with E-state index in [0.29, 0.717) is 23.6 Å². The van der Waals surface area contributed by atoms with E-state index >= 15 is 0 Å². The van der Waals surface area contributed by atoms with Gasteiger partial charge in [-0.05, 0) is 32.0 Å². The Morgan fingerprint density at radius 3 is 2.68 bits per heavy atom. The summed E-state index contributed by atoms with van der Waals surface area (Å²) in [5.41, 5.74) is 1.41. The predicted molar refractivity (Wildman–Crippen MR) is 97.9 cm³/mol. The van der Waals surface area contributed by atoms with Crippen LogP contribution in [0.4, 0.5) is 0 Å². The van der Waals surface area contributed by atoms with Crippen molar-refractivity contribution in [3.8, 4) is 5.75 Å². The smallest absolute Gasteiger partial charge is 0.316 e. The van der Waals surface area contributed by atoms with E-state index in [-0.39, 0.29) is 17.4 Å². The number of rotatable bonds is 10. The molecule has 1 atom stereocenters. The zero-order chi connectivity index (χ0) is 18.8. The number of Topliss-reactive ketones (excluding diaryl/α,β-unsaturated/α-hetero) is 1. The first-order valence-corrected chi connectivity index (χ1v) is 8.88. The largest absolute Gasteiger partial charge is 0.496 e. The molecule has 0 saturated carbocycles. The van der Waals surface area contributed by atoms with Gasteiger partial charge >= 0.3 is 5.97 Å².